The van der Waals surface area contributed by atoms with Crippen LogP contribution in [0.25, 0.3) is 0 Å². The van der Waals surface area contributed by atoms with Crippen LogP contribution in [0.1, 0.15) is 13.3 Å². The number of nitrogens with zero attached hydrogens (tertiary/aromatic N) is 1. The fourth-order valence-corrected chi connectivity index (χ4v) is 4.96. The van der Waals surface area contributed by atoms with Crippen LogP contribution in [0.3, 0.4) is 0 Å². The molecule has 1 heterocycles. The van der Waals surface area contributed by atoms with Gasteiger partial charge in [-0.3, -0.25) is 0 Å². The van der Waals surface area contributed by atoms with Gasteiger partial charge in [-0.2, -0.15) is 4.31 Å². The zero-order valence-electron chi connectivity index (χ0n) is 11.6. The van der Waals surface area contributed by atoms with Gasteiger partial charge in [-0.1, -0.05) is 23.8 Å². The van der Waals surface area contributed by atoms with Crippen molar-refractivity contribution in [1.82, 2.24) is 4.31 Å². The smallest absolute Gasteiger partial charge is 0.215 e. The Hall–Kier alpha value is -0.980. The molecule has 0 radical (unpaired) electrons. The lowest BCUT2D eigenvalue weighted by molar-refractivity contribution is 0.429. The minimum Gasteiger partial charge on any atom is -0.398 e. The predicted molar refractivity (Wildman–Crippen MR) is 85.3 cm³/mol. The fraction of sp³-hybridized carbons (Fsp3) is 0.429. The molecule has 2 N–H and O–H groups in total. The summed E-state index contributed by atoms with van der Waals surface area (Å²) in [6, 6.07) is 7.53. The van der Waals surface area contributed by atoms with Crippen LogP contribution in [0.5, 0.6) is 0 Å². The number of nitrogens with two attached hydrogens (primary N) is 1. The van der Waals surface area contributed by atoms with Crippen LogP contribution in [0.15, 0.2) is 40.8 Å². The largest absolute Gasteiger partial charge is 0.398 e. The highest BCUT2D eigenvalue weighted by atomic mass is 32.2. The first kappa shape index (κ1) is 15.4. The SMILES string of the molecule is CC1=CCCN(S(=O)(=O)CCSc2ccccc2N)C1. The molecule has 2 rings (SSSR count). The van der Waals surface area contributed by atoms with Gasteiger partial charge in [0.05, 0.1) is 5.75 Å². The van der Waals surface area contributed by atoms with Crippen molar-refractivity contribution in [3.8, 4) is 0 Å². The number of benzene rings is 1. The maximum absolute atomic E-state index is 12.3. The first-order valence-corrected chi connectivity index (χ1v) is 9.19. The van der Waals surface area contributed by atoms with Crippen molar-refractivity contribution in [1.29, 1.82) is 0 Å². The Morgan fingerprint density at radius 3 is 2.80 bits per heavy atom. The summed E-state index contributed by atoms with van der Waals surface area (Å²) in [4.78, 5) is 0.942. The van der Waals surface area contributed by atoms with E-state index >= 15 is 0 Å². The third-order valence-electron chi connectivity index (χ3n) is 3.21. The molecule has 0 saturated carbocycles. The van der Waals surface area contributed by atoms with Crippen molar-refractivity contribution >= 4 is 27.5 Å². The molecule has 1 aromatic rings. The normalized spacial score (nSPS) is 16.9. The van der Waals surface area contributed by atoms with Crippen LogP contribution in [-0.4, -0.2) is 37.3 Å². The highest BCUT2D eigenvalue weighted by Gasteiger charge is 2.23. The van der Waals surface area contributed by atoms with Crippen molar-refractivity contribution < 1.29 is 8.42 Å². The molecule has 1 aliphatic rings. The molecule has 0 unspecified atom stereocenters. The van der Waals surface area contributed by atoms with Crippen molar-refractivity contribution in [3.05, 3.63) is 35.9 Å². The molecule has 0 saturated heterocycles. The van der Waals surface area contributed by atoms with Gasteiger partial charge in [-0.15, -0.1) is 11.8 Å². The lowest BCUT2D eigenvalue weighted by Crippen LogP contribution is -2.37. The molecule has 0 fully saturated rings. The van der Waals surface area contributed by atoms with Crippen LogP contribution in [0, 0.1) is 0 Å². The van der Waals surface area contributed by atoms with E-state index in [1.807, 2.05) is 31.2 Å². The molecule has 0 aromatic heterocycles. The summed E-state index contributed by atoms with van der Waals surface area (Å²) in [6.07, 6.45) is 2.91. The highest BCUT2D eigenvalue weighted by molar-refractivity contribution is 8.00. The summed E-state index contributed by atoms with van der Waals surface area (Å²) in [5, 5.41) is 0. The molecule has 0 atom stereocenters. The molecule has 0 amide bonds. The van der Waals surface area contributed by atoms with E-state index in [1.54, 1.807) is 4.31 Å². The molecule has 4 nitrogen and oxygen atoms in total. The van der Waals surface area contributed by atoms with Gasteiger partial charge in [-0.05, 0) is 25.5 Å². The van der Waals surface area contributed by atoms with Crippen LogP contribution >= 0.6 is 11.8 Å². The van der Waals surface area contributed by atoms with Gasteiger partial charge in [0, 0.05) is 29.4 Å². The molecular weight excluding hydrogens is 292 g/mol. The second kappa shape index (κ2) is 6.65. The Kier molecular flexibility index (Phi) is 5.12. The second-order valence-electron chi connectivity index (χ2n) is 4.88. The Morgan fingerprint density at radius 1 is 1.35 bits per heavy atom. The van der Waals surface area contributed by atoms with Crippen molar-refractivity contribution in [3.63, 3.8) is 0 Å². The average Bonchev–Trinajstić information content (AvgIpc) is 2.41. The van der Waals surface area contributed by atoms with Crippen LogP contribution in [-0.2, 0) is 10.0 Å². The zero-order valence-corrected chi connectivity index (χ0v) is 13.2. The number of anilines is 1. The second-order valence-corrected chi connectivity index (χ2v) is 8.10. The van der Waals surface area contributed by atoms with Crippen molar-refractivity contribution in [2.24, 2.45) is 0 Å². The first-order chi connectivity index (χ1) is 9.49. The number of sulfonamides is 1. The number of rotatable bonds is 5. The number of thioether (sulfide) groups is 1. The van der Waals surface area contributed by atoms with E-state index in [1.165, 1.54) is 11.8 Å². The van der Waals surface area contributed by atoms with Gasteiger partial charge in [-0.25, -0.2) is 8.42 Å². The number of para-hydroxylation sites is 1. The van der Waals surface area contributed by atoms with Gasteiger partial charge in [0.25, 0.3) is 0 Å². The van der Waals surface area contributed by atoms with E-state index in [2.05, 4.69) is 6.08 Å². The Bertz CT molecular complexity index is 597. The molecule has 0 bridgehead atoms. The molecule has 6 heteroatoms. The van der Waals surface area contributed by atoms with Gasteiger partial charge >= 0.3 is 0 Å². The summed E-state index contributed by atoms with van der Waals surface area (Å²) >= 11 is 1.49. The maximum Gasteiger partial charge on any atom is 0.215 e. The maximum atomic E-state index is 12.3. The number of hydrogen-bond acceptors (Lipinski definition) is 4. The van der Waals surface area contributed by atoms with Gasteiger partial charge in [0.2, 0.25) is 10.0 Å². The van der Waals surface area contributed by atoms with Crippen molar-refractivity contribution in [2.75, 3.05) is 30.3 Å². The van der Waals surface area contributed by atoms with E-state index in [0.717, 1.165) is 16.9 Å². The zero-order chi connectivity index (χ0) is 14.6. The van der Waals surface area contributed by atoms with Crippen LogP contribution < -0.4 is 5.73 Å². The Morgan fingerprint density at radius 2 is 2.10 bits per heavy atom. The molecule has 1 aromatic carbocycles. The summed E-state index contributed by atoms with van der Waals surface area (Å²) in [7, 11) is -3.17. The number of nitrogen functional groups attached to an aromatic ring is 1. The minimum absolute atomic E-state index is 0.152. The summed E-state index contributed by atoms with van der Waals surface area (Å²) in [6.45, 7) is 3.10. The topological polar surface area (TPSA) is 63.4 Å². The van der Waals surface area contributed by atoms with Gasteiger partial charge in [0.1, 0.15) is 0 Å². The van der Waals surface area contributed by atoms with Crippen molar-refractivity contribution in [2.45, 2.75) is 18.2 Å². The Balaban J connectivity index is 1.90. The Labute approximate surface area is 125 Å². The predicted octanol–water partition coefficient (Wildman–Crippen LogP) is 2.34. The number of hydrogen-bond donors (Lipinski definition) is 1. The van der Waals surface area contributed by atoms with Gasteiger partial charge in [0.15, 0.2) is 0 Å². The van der Waals surface area contributed by atoms with Crippen LogP contribution in [0.2, 0.25) is 0 Å². The molecule has 1 aliphatic heterocycles. The van der Waals surface area contributed by atoms with Gasteiger partial charge < -0.3 is 5.73 Å². The fourth-order valence-electron chi connectivity index (χ4n) is 2.11. The monoisotopic (exact) mass is 312 g/mol. The first-order valence-electron chi connectivity index (χ1n) is 6.60. The lowest BCUT2D eigenvalue weighted by Gasteiger charge is -2.25. The molecular formula is C14H20N2O2S2. The van der Waals surface area contributed by atoms with E-state index in [4.69, 9.17) is 5.73 Å². The molecule has 110 valence electrons. The molecule has 0 aliphatic carbocycles. The average molecular weight is 312 g/mol. The quantitative estimate of drug-likeness (QED) is 0.515. The van der Waals surface area contributed by atoms with Crippen LogP contribution in [0.4, 0.5) is 5.69 Å². The molecule has 20 heavy (non-hydrogen) atoms. The third kappa shape index (κ3) is 4.01. The lowest BCUT2D eigenvalue weighted by atomic mass is 10.2. The van der Waals surface area contributed by atoms with E-state index in [0.29, 0.717) is 24.5 Å². The highest BCUT2D eigenvalue weighted by Crippen LogP contribution is 2.25. The van der Waals surface area contributed by atoms with E-state index in [9.17, 15) is 8.42 Å². The molecule has 0 spiro atoms. The standard InChI is InChI=1S/C14H20N2O2S2/c1-12-5-4-8-16(11-12)20(17,18)10-9-19-14-7-3-2-6-13(14)15/h2-3,5-7H,4,8-11,15H2,1H3. The van der Waals surface area contributed by atoms with E-state index in [-0.39, 0.29) is 5.75 Å². The summed E-state index contributed by atoms with van der Waals surface area (Å²) in [5.74, 6) is 0.676. The summed E-state index contributed by atoms with van der Waals surface area (Å²) < 4.78 is 26.1. The summed E-state index contributed by atoms with van der Waals surface area (Å²) in [5.41, 5.74) is 7.67. The third-order valence-corrected chi connectivity index (χ3v) is 6.38. The minimum atomic E-state index is -3.17. The van der Waals surface area contributed by atoms with E-state index < -0.39 is 10.0 Å².